The van der Waals surface area contributed by atoms with Gasteiger partial charge in [-0.1, -0.05) is 71.8 Å². The first-order valence-electron chi connectivity index (χ1n) is 6.69. The van der Waals surface area contributed by atoms with E-state index < -0.39 is 0 Å². The van der Waals surface area contributed by atoms with Gasteiger partial charge in [-0.2, -0.15) is 5.48 Å². The standard InChI is InChI=1S/C17H17Cl2NO/c1-13(20-21-12-14-5-3-2-4-6-14)7-8-15-9-10-16(18)11-17(15)19/h2-11,13,20H,12H2,1H3/b8-7+. The second-order valence-electron chi connectivity index (χ2n) is 4.71. The van der Waals surface area contributed by atoms with Gasteiger partial charge in [-0.25, -0.2) is 0 Å². The van der Waals surface area contributed by atoms with Gasteiger partial charge in [0.2, 0.25) is 0 Å². The minimum atomic E-state index is 0.0699. The molecule has 0 aromatic heterocycles. The van der Waals surface area contributed by atoms with Gasteiger partial charge in [-0.3, -0.25) is 4.84 Å². The molecule has 1 atom stereocenters. The third-order valence-corrected chi connectivity index (χ3v) is 3.44. The van der Waals surface area contributed by atoms with E-state index in [0.717, 1.165) is 11.1 Å². The monoisotopic (exact) mass is 321 g/mol. The maximum absolute atomic E-state index is 6.11. The van der Waals surface area contributed by atoms with Gasteiger partial charge >= 0.3 is 0 Å². The molecule has 0 radical (unpaired) electrons. The van der Waals surface area contributed by atoms with E-state index in [2.05, 4.69) is 5.48 Å². The Morgan fingerprint density at radius 3 is 2.62 bits per heavy atom. The van der Waals surface area contributed by atoms with E-state index in [4.69, 9.17) is 28.0 Å². The SMILES string of the molecule is CC(/C=C/c1ccc(Cl)cc1Cl)NOCc1ccccc1. The Labute approximate surface area is 135 Å². The summed E-state index contributed by atoms with van der Waals surface area (Å²) in [7, 11) is 0. The molecule has 0 amide bonds. The number of halogens is 2. The van der Waals surface area contributed by atoms with Crippen LogP contribution in [0.4, 0.5) is 0 Å². The largest absolute Gasteiger partial charge is 0.296 e. The molecule has 0 saturated heterocycles. The zero-order chi connectivity index (χ0) is 15.1. The maximum Gasteiger partial charge on any atom is 0.0933 e. The van der Waals surface area contributed by atoms with Crippen molar-refractivity contribution in [2.45, 2.75) is 19.6 Å². The molecule has 2 rings (SSSR count). The normalized spacial score (nSPS) is 12.7. The Morgan fingerprint density at radius 2 is 1.90 bits per heavy atom. The van der Waals surface area contributed by atoms with Crippen molar-refractivity contribution >= 4 is 29.3 Å². The molecule has 1 unspecified atom stereocenters. The van der Waals surface area contributed by atoms with E-state index in [-0.39, 0.29) is 6.04 Å². The number of hydroxylamine groups is 1. The maximum atomic E-state index is 6.11. The van der Waals surface area contributed by atoms with Crippen LogP contribution in [0.25, 0.3) is 6.08 Å². The number of hydrogen-bond donors (Lipinski definition) is 1. The first kappa shape index (κ1) is 16.1. The lowest BCUT2D eigenvalue weighted by Crippen LogP contribution is -2.23. The highest BCUT2D eigenvalue weighted by Gasteiger charge is 2.00. The topological polar surface area (TPSA) is 21.3 Å². The summed E-state index contributed by atoms with van der Waals surface area (Å²) in [5.74, 6) is 0. The van der Waals surface area contributed by atoms with Crippen LogP contribution in [0.2, 0.25) is 10.0 Å². The van der Waals surface area contributed by atoms with Crippen molar-refractivity contribution in [2.75, 3.05) is 0 Å². The van der Waals surface area contributed by atoms with Crippen LogP contribution in [0, 0.1) is 0 Å². The molecule has 0 heterocycles. The van der Waals surface area contributed by atoms with Crippen LogP contribution in [0.1, 0.15) is 18.1 Å². The number of nitrogens with one attached hydrogen (secondary N) is 1. The van der Waals surface area contributed by atoms with E-state index >= 15 is 0 Å². The number of rotatable bonds is 6. The molecular weight excluding hydrogens is 305 g/mol. The van der Waals surface area contributed by atoms with Crippen LogP contribution < -0.4 is 5.48 Å². The highest BCUT2D eigenvalue weighted by molar-refractivity contribution is 6.35. The van der Waals surface area contributed by atoms with Crippen LogP contribution in [0.15, 0.2) is 54.6 Å². The van der Waals surface area contributed by atoms with Gasteiger partial charge in [0, 0.05) is 16.1 Å². The number of benzene rings is 2. The zero-order valence-electron chi connectivity index (χ0n) is 11.7. The fraction of sp³-hybridized carbons (Fsp3) is 0.176. The first-order valence-corrected chi connectivity index (χ1v) is 7.45. The van der Waals surface area contributed by atoms with Crippen LogP contribution in [-0.2, 0) is 11.4 Å². The summed E-state index contributed by atoms with van der Waals surface area (Å²) in [5.41, 5.74) is 5.03. The van der Waals surface area contributed by atoms with Gasteiger partial charge in [-0.15, -0.1) is 0 Å². The molecule has 0 fully saturated rings. The average Bonchev–Trinajstić information content (AvgIpc) is 2.47. The summed E-state index contributed by atoms with van der Waals surface area (Å²) in [6.07, 6.45) is 3.93. The van der Waals surface area contributed by atoms with Crippen molar-refractivity contribution < 1.29 is 4.84 Å². The molecule has 0 aliphatic heterocycles. The summed E-state index contributed by atoms with van der Waals surface area (Å²) in [5, 5.41) is 1.27. The van der Waals surface area contributed by atoms with Crippen molar-refractivity contribution in [3.63, 3.8) is 0 Å². The molecule has 110 valence electrons. The molecule has 2 aromatic rings. The lowest BCUT2D eigenvalue weighted by atomic mass is 10.2. The van der Waals surface area contributed by atoms with Crippen molar-refractivity contribution in [1.29, 1.82) is 0 Å². The van der Waals surface area contributed by atoms with E-state index in [9.17, 15) is 0 Å². The highest BCUT2D eigenvalue weighted by atomic mass is 35.5. The summed E-state index contributed by atoms with van der Waals surface area (Å²) >= 11 is 12.0. The molecule has 4 heteroatoms. The fourth-order valence-corrected chi connectivity index (χ4v) is 2.23. The van der Waals surface area contributed by atoms with Gasteiger partial charge in [0.25, 0.3) is 0 Å². The van der Waals surface area contributed by atoms with E-state index in [1.54, 1.807) is 6.07 Å². The van der Waals surface area contributed by atoms with Crippen LogP contribution in [-0.4, -0.2) is 6.04 Å². The van der Waals surface area contributed by atoms with Gasteiger partial charge < -0.3 is 0 Å². The molecule has 1 N–H and O–H groups in total. The lowest BCUT2D eigenvalue weighted by molar-refractivity contribution is 0.0172. The van der Waals surface area contributed by atoms with Crippen molar-refractivity contribution in [3.8, 4) is 0 Å². The third-order valence-electron chi connectivity index (χ3n) is 2.88. The van der Waals surface area contributed by atoms with Gasteiger partial charge in [0.05, 0.1) is 6.61 Å². The highest BCUT2D eigenvalue weighted by Crippen LogP contribution is 2.22. The van der Waals surface area contributed by atoms with Gasteiger partial charge in [-0.05, 0) is 30.2 Å². The summed E-state index contributed by atoms with van der Waals surface area (Å²) in [6, 6.07) is 15.5. The zero-order valence-corrected chi connectivity index (χ0v) is 13.2. The predicted octanol–water partition coefficient (Wildman–Crippen LogP) is 5.12. The van der Waals surface area contributed by atoms with Crippen LogP contribution in [0.5, 0.6) is 0 Å². The minimum absolute atomic E-state index is 0.0699. The minimum Gasteiger partial charge on any atom is -0.296 e. The summed E-state index contributed by atoms with van der Waals surface area (Å²) in [6.45, 7) is 2.53. The molecule has 0 aliphatic carbocycles. The fourth-order valence-electron chi connectivity index (χ4n) is 1.75. The molecule has 2 aromatic carbocycles. The summed E-state index contributed by atoms with van der Waals surface area (Å²) in [4.78, 5) is 5.46. The van der Waals surface area contributed by atoms with Crippen molar-refractivity contribution in [2.24, 2.45) is 0 Å². The summed E-state index contributed by atoms with van der Waals surface area (Å²) < 4.78 is 0. The Bertz CT molecular complexity index is 599. The molecule has 2 nitrogen and oxygen atoms in total. The van der Waals surface area contributed by atoms with E-state index in [1.165, 1.54) is 0 Å². The average molecular weight is 322 g/mol. The quantitative estimate of drug-likeness (QED) is 0.746. The Kier molecular flexibility index (Phi) is 6.27. The van der Waals surface area contributed by atoms with Crippen LogP contribution >= 0.6 is 23.2 Å². The van der Waals surface area contributed by atoms with Gasteiger partial charge in [0.15, 0.2) is 0 Å². The van der Waals surface area contributed by atoms with Crippen molar-refractivity contribution in [1.82, 2.24) is 5.48 Å². The predicted molar refractivity (Wildman–Crippen MR) is 89.3 cm³/mol. The molecule has 0 spiro atoms. The second kappa shape index (κ2) is 8.20. The van der Waals surface area contributed by atoms with Crippen LogP contribution in [0.3, 0.4) is 0 Å². The Hall–Kier alpha value is -1.32. The third kappa shape index (κ3) is 5.52. The van der Waals surface area contributed by atoms with E-state index in [1.807, 2.05) is 61.5 Å². The molecule has 21 heavy (non-hydrogen) atoms. The Balaban J connectivity index is 1.81. The lowest BCUT2D eigenvalue weighted by Gasteiger charge is -2.10. The molecule has 0 bridgehead atoms. The molecule has 0 aliphatic rings. The first-order chi connectivity index (χ1) is 10.1. The van der Waals surface area contributed by atoms with Gasteiger partial charge in [0.1, 0.15) is 0 Å². The smallest absolute Gasteiger partial charge is 0.0933 e. The van der Waals surface area contributed by atoms with E-state index in [0.29, 0.717) is 16.7 Å². The number of hydrogen-bond acceptors (Lipinski definition) is 2. The van der Waals surface area contributed by atoms with Crippen molar-refractivity contribution in [3.05, 3.63) is 75.8 Å². The Morgan fingerprint density at radius 1 is 1.14 bits per heavy atom. The molecule has 0 saturated carbocycles. The second-order valence-corrected chi connectivity index (χ2v) is 5.55. The molecular formula is C17H17Cl2NO.